The van der Waals surface area contributed by atoms with E-state index < -0.39 is 0 Å². The standard InChI is InChI=1S/C21H23N5O/c1-3-14-10-19(25-12-15(20(23)27)9-8-13(25)2)26-18-7-5-4-6-17(18)24-21(26)16(14)11-22/h4-7,10,13,15H,3,8-9,12H2,1-2H3,(H2,23,27)/t13-,15-/m0/s1. The molecule has 2 atom stereocenters. The molecular weight excluding hydrogens is 338 g/mol. The molecule has 0 saturated carbocycles. The molecular formula is C21H23N5O. The second-order valence-corrected chi connectivity index (χ2v) is 7.31. The minimum absolute atomic E-state index is 0.160. The maximum absolute atomic E-state index is 11.8. The zero-order valence-corrected chi connectivity index (χ0v) is 15.6. The van der Waals surface area contributed by atoms with Gasteiger partial charge in [-0.3, -0.25) is 9.20 Å². The monoisotopic (exact) mass is 361 g/mol. The number of nitriles is 1. The summed E-state index contributed by atoms with van der Waals surface area (Å²) in [6.07, 6.45) is 2.47. The summed E-state index contributed by atoms with van der Waals surface area (Å²) in [6.45, 7) is 4.81. The minimum atomic E-state index is -0.247. The van der Waals surface area contributed by atoms with Gasteiger partial charge < -0.3 is 10.6 Å². The molecule has 1 fully saturated rings. The van der Waals surface area contributed by atoms with Crippen LogP contribution in [0.2, 0.25) is 0 Å². The maximum atomic E-state index is 11.8. The number of rotatable bonds is 3. The van der Waals surface area contributed by atoms with Crippen LogP contribution in [0.5, 0.6) is 0 Å². The van der Waals surface area contributed by atoms with Crippen LogP contribution in [0.25, 0.3) is 16.7 Å². The average Bonchev–Trinajstić information content (AvgIpc) is 3.06. The van der Waals surface area contributed by atoms with Crippen molar-refractivity contribution >= 4 is 28.4 Å². The van der Waals surface area contributed by atoms with E-state index in [-0.39, 0.29) is 17.9 Å². The summed E-state index contributed by atoms with van der Waals surface area (Å²) in [5.74, 6) is 0.572. The van der Waals surface area contributed by atoms with Crippen molar-refractivity contribution in [1.29, 1.82) is 5.26 Å². The third kappa shape index (κ3) is 2.71. The summed E-state index contributed by atoms with van der Waals surface area (Å²) in [5.41, 5.74) is 9.72. The molecule has 3 heterocycles. The second-order valence-electron chi connectivity index (χ2n) is 7.31. The van der Waals surface area contributed by atoms with Crippen molar-refractivity contribution in [2.24, 2.45) is 11.7 Å². The number of anilines is 1. The highest BCUT2D eigenvalue weighted by Gasteiger charge is 2.31. The van der Waals surface area contributed by atoms with E-state index in [0.29, 0.717) is 17.8 Å². The van der Waals surface area contributed by atoms with E-state index in [0.717, 1.165) is 41.7 Å². The van der Waals surface area contributed by atoms with Crippen LogP contribution in [0.15, 0.2) is 30.3 Å². The van der Waals surface area contributed by atoms with Crippen molar-refractivity contribution in [3.05, 3.63) is 41.5 Å². The Morgan fingerprint density at radius 1 is 1.37 bits per heavy atom. The summed E-state index contributed by atoms with van der Waals surface area (Å²) in [7, 11) is 0. The third-order valence-electron chi connectivity index (χ3n) is 5.71. The summed E-state index contributed by atoms with van der Waals surface area (Å²) in [6, 6.07) is 12.6. The highest BCUT2D eigenvalue weighted by atomic mass is 16.1. The van der Waals surface area contributed by atoms with E-state index in [9.17, 15) is 10.1 Å². The first-order valence-electron chi connectivity index (χ1n) is 9.44. The van der Waals surface area contributed by atoms with Gasteiger partial charge in [0.05, 0.1) is 22.5 Å². The fourth-order valence-electron chi connectivity index (χ4n) is 4.13. The molecule has 0 aliphatic carbocycles. The molecule has 0 spiro atoms. The lowest BCUT2D eigenvalue weighted by Crippen LogP contribution is -2.46. The highest BCUT2D eigenvalue weighted by molar-refractivity contribution is 5.85. The number of aromatic nitrogens is 2. The minimum Gasteiger partial charge on any atom is -0.369 e. The van der Waals surface area contributed by atoms with Crippen LogP contribution in [0.1, 0.15) is 37.8 Å². The fourth-order valence-corrected chi connectivity index (χ4v) is 4.13. The topological polar surface area (TPSA) is 87.4 Å². The van der Waals surface area contributed by atoms with Crippen molar-refractivity contribution in [3.8, 4) is 6.07 Å². The smallest absolute Gasteiger partial charge is 0.222 e. The van der Waals surface area contributed by atoms with E-state index >= 15 is 0 Å². The number of imidazole rings is 1. The number of pyridine rings is 1. The Kier molecular flexibility index (Phi) is 4.23. The number of para-hydroxylation sites is 2. The molecule has 6 nitrogen and oxygen atoms in total. The first kappa shape index (κ1) is 17.3. The van der Waals surface area contributed by atoms with E-state index in [1.54, 1.807) is 0 Å². The van der Waals surface area contributed by atoms with Gasteiger partial charge in [0.2, 0.25) is 5.91 Å². The number of primary amides is 1. The lowest BCUT2D eigenvalue weighted by atomic mass is 9.92. The van der Waals surface area contributed by atoms with E-state index in [2.05, 4.69) is 28.4 Å². The first-order chi connectivity index (χ1) is 13.0. The Balaban J connectivity index is 2.02. The summed E-state index contributed by atoms with van der Waals surface area (Å²) >= 11 is 0. The SMILES string of the molecule is CCc1cc(N2C[C@@H](C(N)=O)CC[C@@H]2C)n2c(nc3ccccc32)c1C#N. The number of carbonyl (C=O) groups is 1. The number of piperidine rings is 1. The van der Waals surface area contributed by atoms with Crippen LogP contribution in [0.3, 0.4) is 0 Å². The number of carbonyl (C=O) groups excluding carboxylic acids is 1. The van der Waals surface area contributed by atoms with Crippen LogP contribution >= 0.6 is 0 Å². The first-order valence-corrected chi connectivity index (χ1v) is 9.44. The van der Waals surface area contributed by atoms with E-state index in [1.807, 2.05) is 31.2 Å². The molecule has 27 heavy (non-hydrogen) atoms. The van der Waals surface area contributed by atoms with Crippen LogP contribution < -0.4 is 10.6 Å². The van der Waals surface area contributed by atoms with Gasteiger partial charge >= 0.3 is 0 Å². The maximum Gasteiger partial charge on any atom is 0.222 e. The fraction of sp³-hybridized carbons (Fsp3) is 0.381. The van der Waals surface area contributed by atoms with Gasteiger partial charge in [0.25, 0.3) is 0 Å². The van der Waals surface area contributed by atoms with Crippen molar-refractivity contribution in [3.63, 3.8) is 0 Å². The Morgan fingerprint density at radius 2 is 2.15 bits per heavy atom. The Morgan fingerprint density at radius 3 is 2.85 bits per heavy atom. The Hall–Kier alpha value is -3.07. The zero-order valence-electron chi connectivity index (χ0n) is 15.6. The predicted molar refractivity (Wildman–Crippen MR) is 106 cm³/mol. The van der Waals surface area contributed by atoms with Gasteiger partial charge in [0.15, 0.2) is 5.65 Å². The molecule has 1 saturated heterocycles. The number of amides is 1. The molecule has 0 unspecified atom stereocenters. The number of nitrogens with zero attached hydrogens (tertiary/aromatic N) is 4. The van der Waals surface area contributed by atoms with E-state index in [4.69, 9.17) is 10.7 Å². The predicted octanol–water partition coefficient (Wildman–Crippen LogP) is 3.01. The molecule has 3 aromatic rings. The quantitative estimate of drug-likeness (QED) is 0.777. The summed E-state index contributed by atoms with van der Waals surface area (Å²) in [5, 5.41) is 9.76. The third-order valence-corrected chi connectivity index (χ3v) is 5.71. The Bertz CT molecular complexity index is 1080. The lowest BCUT2D eigenvalue weighted by Gasteiger charge is -2.39. The van der Waals surface area contributed by atoms with Crippen LogP contribution in [0.4, 0.5) is 5.82 Å². The molecule has 2 aromatic heterocycles. The number of hydrogen-bond acceptors (Lipinski definition) is 4. The highest BCUT2D eigenvalue weighted by Crippen LogP contribution is 2.33. The van der Waals surface area contributed by atoms with Gasteiger partial charge in [-0.1, -0.05) is 19.1 Å². The average molecular weight is 361 g/mol. The zero-order chi connectivity index (χ0) is 19.1. The molecule has 1 aliphatic rings. The normalized spacial score (nSPS) is 20.1. The Labute approximate surface area is 158 Å². The van der Waals surface area contributed by atoms with Crippen molar-refractivity contribution in [2.45, 2.75) is 39.2 Å². The van der Waals surface area contributed by atoms with Gasteiger partial charge in [-0.05, 0) is 49.9 Å². The second kappa shape index (κ2) is 6.58. The van der Waals surface area contributed by atoms with Gasteiger partial charge in [0, 0.05) is 12.6 Å². The largest absolute Gasteiger partial charge is 0.369 e. The molecule has 1 aromatic carbocycles. The summed E-state index contributed by atoms with van der Waals surface area (Å²) in [4.78, 5) is 18.8. The number of hydrogen-bond donors (Lipinski definition) is 1. The molecule has 1 amide bonds. The van der Waals surface area contributed by atoms with Gasteiger partial charge in [-0.15, -0.1) is 0 Å². The lowest BCUT2D eigenvalue weighted by molar-refractivity contribution is -0.122. The number of aryl methyl sites for hydroxylation is 1. The molecule has 0 bridgehead atoms. The number of fused-ring (bicyclic) bond motifs is 3. The molecule has 6 heteroatoms. The van der Waals surface area contributed by atoms with Crippen molar-refractivity contribution in [1.82, 2.24) is 9.38 Å². The van der Waals surface area contributed by atoms with Crippen LogP contribution in [-0.2, 0) is 11.2 Å². The van der Waals surface area contributed by atoms with Gasteiger partial charge in [-0.2, -0.15) is 5.26 Å². The van der Waals surface area contributed by atoms with Crippen LogP contribution in [0, 0.1) is 17.2 Å². The molecule has 0 radical (unpaired) electrons. The van der Waals surface area contributed by atoms with E-state index in [1.165, 1.54) is 0 Å². The molecule has 2 N–H and O–H groups in total. The van der Waals surface area contributed by atoms with Crippen LogP contribution in [-0.4, -0.2) is 27.9 Å². The molecule has 4 rings (SSSR count). The van der Waals surface area contributed by atoms with Crippen molar-refractivity contribution < 1.29 is 4.79 Å². The molecule has 1 aliphatic heterocycles. The number of benzene rings is 1. The summed E-state index contributed by atoms with van der Waals surface area (Å²) < 4.78 is 2.06. The molecule has 138 valence electrons. The van der Waals surface area contributed by atoms with Crippen molar-refractivity contribution in [2.75, 3.05) is 11.4 Å². The van der Waals surface area contributed by atoms with Gasteiger partial charge in [-0.25, -0.2) is 4.98 Å². The number of nitrogens with two attached hydrogens (primary N) is 1. The van der Waals surface area contributed by atoms with Gasteiger partial charge in [0.1, 0.15) is 11.9 Å².